The van der Waals surface area contributed by atoms with Gasteiger partial charge in [0.1, 0.15) is 5.82 Å². The molecule has 0 aliphatic heterocycles. The Labute approximate surface area is 166 Å². The van der Waals surface area contributed by atoms with Crippen LogP contribution < -0.4 is 10.2 Å². The average molecular weight is 385 g/mol. The van der Waals surface area contributed by atoms with Gasteiger partial charge in [-0.05, 0) is 55.3 Å². The molecule has 0 spiro atoms. The smallest absolute Gasteiger partial charge is 0.255 e. The number of benzene rings is 2. The molecule has 2 aromatic rings. The van der Waals surface area contributed by atoms with Gasteiger partial charge < -0.3 is 15.1 Å². The maximum atomic E-state index is 13.4. The lowest BCUT2D eigenvalue weighted by Crippen LogP contribution is -2.36. The maximum absolute atomic E-state index is 13.4. The highest BCUT2D eigenvalue weighted by Gasteiger charge is 2.18. The largest absolute Gasteiger partial charge is 0.377 e. The number of hydrogen-bond acceptors (Lipinski definition) is 3. The van der Waals surface area contributed by atoms with Gasteiger partial charge in [0.25, 0.3) is 5.91 Å². The first kappa shape index (κ1) is 21.4. The van der Waals surface area contributed by atoms with E-state index in [0.29, 0.717) is 12.2 Å². The fraction of sp³-hybridized carbons (Fsp3) is 0.364. The van der Waals surface area contributed by atoms with E-state index in [1.807, 2.05) is 49.9 Å². The van der Waals surface area contributed by atoms with E-state index in [2.05, 4.69) is 5.32 Å². The highest BCUT2D eigenvalue weighted by atomic mass is 19.1. The Bertz CT molecular complexity index is 851. The molecule has 0 aliphatic rings. The minimum atomic E-state index is -0.457. The van der Waals surface area contributed by atoms with Crippen molar-refractivity contribution in [3.8, 4) is 0 Å². The van der Waals surface area contributed by atoms with Crippen LogP contribution in [0.5, 0.6) is 0 Å². The molecule has 150 valence electrons. The first-order chi connectivity index (χ1) is 13.2. The zero-order valence-corrected chi connectivity index (χ0v) is 17.1. The summed E-state index contributed by atoms with van der Waals surface area (Å²) in [4.78, 5) is 28.3. The summed E-state index contributed by atoms with van der Waals surface area (Å²) in [6, 6.07) is 11.2. The van der Waals surface area contributed by atoms with Crippen LogP contribution >= 0.6 is 0 Å². The van der Waals surface area contributed by atoms with Crippen LogP contribution in [0.2, 0.25) is 0 Å². The highest BCUT2D eigenvalue weighted by molar-refractivity contribution is 6.04. The van der Waals surface area contributed by atoms with Gasteiger partial charge in [0.2, 0.25) is 5.91 Å². The second-order valence-corrected chi connectivity index (χ2v) is 7.11. The molecule has 0 aromatic heterocycles. The number of nitrogens with one attached hydrogen (secondary N) is 1. The molecule has 2 amide bonds. The van der Waals surface area contributed by atoms with E-state index >= 15 is 0 Å². The van der Waals surface area contributed by atoms with E-state index in [1.54, 1.807) is 19.1 Å². The topological polar surface area (TPSA) is 52.7 Å². The van der Waals surface area contributed by atoms with Crippen molar-refractivity contribution in [2.45, 2.75) is 39.8 Å². The van der Waals surface area contributed by atoms with Crippen LogP contribution in [-0.4, -0.2) is 36.9 Å². The maximum Gasteiger partial charge on any atom is 0.255 e. The van der Waals surface area contributed by atoms with Gasteiger partial charge in [-0.1, -0.05) is 13.0 Å². The lowest BCUT2D eigenvalue weighted by molar-refractivity contribution is -0.131. The quantitative estimate of drug-likeness (QED) is 0.773. The van der Waals surface area contributed by atoms with Crippen molar-refractivity contribution in [3.63, 3.8) is 0 Å². The summed E-state index contributed by atoms with van der Waals surface area (Å²) >= 11 is 0. The normalized spacial score (nSPS) is 11.6. The number of amides is 2. The van der Waals surface area contributed by atoms with E-state index in [4.69, 9.17) is 0 Å². The van der Waals surface area contributed by atoms with Crippen LogP contribution in [-0.2, 0) is 11.3 Å². The van der Waals surface area contributed by atoms with Gasteiger partial charge in [-0.2, -0.15) is 0 Å². The molecule has 0 saturated heterocycles. The van der Waals surface area contributed by atoms with Gasteiger partial charge in [0.05, 0.1) is 0 Å². The van der Waals surface area contributed by atoms with Crippen molar-refractivity contribution in [1.82, 2.24) is 4.90 Å². The zero-order chi connectivity index (χ0) is 20.8. The third-order valence-corrected chi connectivity index (χ3v) is 4.77. The summed E-state index contributed by atoms with van der Waals surface area (Å²) in [5.74, 6) is -0.830. The predicted molar refractivity (Wildman–Crippen MR) is 111 cm³/mol. The van der Waals surface area contributed by atoms with Gasteiger partial charge >= 0.3 is 0 Å². The van der Waals surface area contributed by atoms with Crippen molar-refractivity contribution in [2.75, 3.05) is 24.3 Å². The third kappa shape index (κ3) is 5.31. The van der Waals surface area contributed by atoms with E-state index in [1.165, 1.54) is 18.2 Å². The fourth-order valence-corrected chi connectivity index (χ4v) is 3.04. The zero-order valence-electron chi connectivity index (χ0n) is 17.1. The first-order valence-corrected chi connectivity index (χ1v) is 9.37. The van der Waals surface area contributed by atoms with Gasteiger partial charge in [-0.3, -0.25) is 9.59 Å². The average Bonchev–Trinajstić information content (AvgIpc) is 2.65. The van der Waals surface area contributed by atoms with E-state index in [9.17, 15) is 14.0 Å². The second kappa shape index (κ2) is 9.35. The molecule has 6 heteroatoms. The Kier molecular flexibility index (Phi) is 7.15. The molecule has 0 unspecified atom stereocenters. The van der Waals surface area contributed by atoms with Crippen molar-refractivity contribution in [2.24, 2.45) is 0 Å². The summed E-state index contributed by atoms with van der Waals surface area (Å²) < 4.78 is 13.4. The summed E-state index contributed by atoms with van der Waals surface area (Å²) in [6.07, 6.45) is 0.854. The van der Waals surface area contributed by atoms with E-state index in [-0.39, 0.29) is 23.4 Å². The molecule has 0 heterocycles. The van der Waals surface area contributed by atoms with Crippen LogP contribution in [0.15, 0.2) is 42.5 Å². The molecule has 2 aromatic carbocycles. The minimum Gasteiger partial charge on any atom is -0.377 e. The number of halogens is 1. The molecule has 0 saturated carbocycles. The molecular formula is C22H28FN3O2. The number of hydrogen-bond donors (Lipinski definition) is 1. The lowest BCUT2D eigenvalue weighted by Gasteiger charge is -2.29. The van der Waals surface area contributed by atoms with Gasteiger partial charge in [0.15, 0.2) is 0 Å². The van der Waals surface area contributed by atoms with E-state index in [0.717, 1.165) is 17.7 Å². The van der Waals surface area contributed by atoms with Crippen LogP contribution in [0.1, 0.15) is 43.1 Å². The fourth-order valence-electron chi connectivity index (χ4n) is 3.04. The number of carbonyl (C=O) groups excluding carboxylic acids is 2. The standard InChI is InChI=1S/C22H28FN3O2/c1-6-15(2)26(16(3)27)14-18-13-20(10-11-21(18)25(4)5)24-22(28)17-8-7-9-19(23)12-17/h7-13,15H,6,14H2,1-5H3,(H,24,28)/t15-/m0/s1. The van der Waals surface area contributed by atoms with Crippen molar-refractivity contribution >= 4 is 23.2 Å². The van der Waals surface area contributed by atoms with Crippen molar-refractivity contribution < 1.29 is 14.0 Å². The lowest BCUT2D eigenvalue weighted by atomic mass is 10.1. The summed E-state index contributed by atoms with van der Waals surface area (Å²) in [5, 5.41) is 2.81. The number of carbonyl (C=O) groups is 2. The molecule has 1 N–H and O–H groups in total. The van der Waals surface area contributed by atoms with Gasteiger partial charge in [-0.15, -0.1) is 0 Å². The molecule has 0 bridgehead atoms. The monoisotopic (exact) mass is 385 g/mol. The molecule has 0 aliphatic carbocycles. The Morgan fingerprint density at radius 1 is 1.14 bits per heavy atom. The Balaban J connectivity index is 2.31. The highest BCUT2D eigenvalue weighted by Crippen LogP contribution is 2.26. The molecule has 0 fully saturated rings. The van der Waals surface area contributed by atoms with Gasteiger partial charge in [-0.25, -0.2) is 4.39 Å². The summed E-state index contributed by atoms with van der Waals surface area (Å²) in [6.45, 7) is 6.08. The Morgan fingerprint density at radius 3 is 2.43 bits per heavy atom. The molecule has 5 nitrogen and oxygen atoms in total. The predicted octanol–water partition coefficient (Wildman–Crippen LogP) is 4.29. The van der Waals surface area contributed by atoms with Crippen LogP contribution in [0.25, 0.3) is 0 Å². The molecular weight excluding hydrogens is 357 g/mol. The molecule has 2 rings (SSSR count). The second-order valence-electron chi connectivity index (χ2n) is 7.11. The number of nitrogens with zero attached hydrogens (tertiary/aromatic N) is 2. The minimum absolute atomic E-state index is 0.00764. The van der Waals surface area contributed by atoms with Gasteiger partial charge in [0, 0.05) is 50.5 Å². The Hall–Kier alpha value is -2.89. The Morgan fingerprint density at radius 2 is 1.86 bits per heavy atom. The molecule has 1 atom stereocenters. The first-order valence-electron chi connectivity index (χ1n) is 9.37. The van der Waals surface area contributed by atoms with Crippen molar-refractivity contribution in [1.29, 1.82) is 0 Å². The number of rotatable bonds is 7. The third-order valence-electron chi connectivity index (χ3n) is 4.77. The summed E-state index contributed by atoms with van der Waals surface area (Å²) in [7, 11) is 3.87. The summed E-state index contributed by atoms with van der Waals surface area (Å²) in [5.41, 5.74) is 2.75. The van der Waals surface area contributed by atoms with E-state index < -0.39 is 5.82 Å². The van der Waals surface area contributed by atoms with Crippen molar-refractivity contribution in [3.05, 3.63) is 59.4 Å². The van der Waals surface area contributed by atoms with Crippen LogP contribution in [0.4, 0.5) is 15.8 Å². The SMILES string of the molecule is CC[C@H](C)N(Cc1cc(NC(=O)c2cccc(F)c2)ccc1N(C)C)C(C)=O. The van der Waals surface area contributed by atoms with Crippen LogP contribution in [0.3, 0.4) is 0 Å². The molecule has 28 heavy (non-hydrogen) atoms. The van der Waals surface area contributed by atoms with Crippen LogP contribution in [0, 0.1) is 5.82 Å². The number of anilines is 2. The molecule has 0 radical (unpaired) electrons.